The zero-order chi connectivity index (χ0) is 19.3. The maximum atomic E-state index is 13.1. The van der Waals surface area contributed by atoms with Crippen LogP contribution in [0.4, 0.5) is 5.13 Å². The van der Waals surface area contributed by atoms with Crippen molar-refractivity contribution in [1.29, 1.82) is 0 Å². The van der Waals surface area contributed by atoms with E-state index in [2.05, 4.69) is 15.5 Å². The molecule has 0 aliphatic carbocycles. The third-order valence-electron chi connectivity index (χ3n) is 4.25. The molecule has 8 nitrogen and oxygen atoms in total. The summed E-state index contributed by atoms with van der Waals surface area (Å²) in [7, 11) is -2.81. The van der Waals surface area contributed by atoms with Crippen molar-refractivity contribution >= 4 is 48.9 Å². The molecule has 2 aromatic carbocycles. The Morgan fingerprint density at radius 3 is 2.63 bits per heavy atom. The molecule has 3 aromatic rings. The lowest BCUT2D eigenvalue weighted by Gasteiger charge is -2.29. The molecule has 0 spiro atoms. The monoisotopic (exact) mass is 402 g/mol. The molecular weight excluding hydrogens is 388 g/mol. The highest BCUT2D eigenvalue weighted by molar-refractivity contribution is 7.89. The molecule has 2 N–H and O–H groups in total. The minimum absolute atomic E-state index is 0.0242. The summed E-state index contributed by atoms with van der Waals surface area (Å²) in [5.74, 6) is -1.19. The van der Waals surface area contributed by atoms with E-state index in [4.69, 9.17) is 0 Å². The van der Waals surface area contributed by atoms with Gasteiger partial charge in [-0.1, -0.05) is 41.7 Å². The number of anilines is 1. The van der Waals surface area contributed by atoms with Crippen molar-refractivity contribution in [2.75, 3.05) is 12.4 Å². The van der Waals surface area contributed by atoms with Crippen molar-refractivity contribution in [2.45, 2.75) is 11.8 Å². The second-order valence-electron chi connectivity index (χ2n) is 5.91. The summed E-state index contributed by atoms with van der Waals surface area (Å²) >= 11 is 1.14. The quantitative estimate of drug-likeness (QED) is 0.681. The summed E-state index contributed by atoms with van der Waals surface area (Å²) in [6, 6.07) is 10.2. The minimum atomic E-state index is -4.04. The largest absolute Gasteiger partial charge is 0.505 e. The normalized spacial score (nSPS) is 15.7. The lowest BCUT2D eigenvalue weighted by molar-refractivity contribution is -0.113. The van der Waals surface area contributed by atoms with Gasteiger partial charge in [-0.3, -0.25) is 14.4 Å². The zero-order valence-corrected chi connectivity index (χ0v) is 15.9. The first-order valence-corrected chi connectivity index (χ1v) is 10.1. The highest BCUT2D eigenvalue weighted by atomic mass is 32.2. The molecule has 0 atom stereocenters. The Morgan fingerprint density at radius 2 is 1.93 bits per heavy atom. The van der Waals surface area contributed by atoms with Gasteiger partial charge in [-0.25, -0.2) is 8.42 Å². The molecule has 0 radical (unpaired) electrons. The van der Waals surface area contributed by atoms with Crippen molar-refractivity contribution < 1.29 is 18.3 Å². The molecule has 0 bridgehead atoms. The number of nitrogens with zero attached hydrogens (tertiary/aromatic N) is 3. The predicted octanol–water partition coefficient (Wildman–Crippen LogP) is 2.50. The van der Waals surface area contributed by atoms with Gasteiger partial charge in [0, 0.05) is 18.0 Å². The first-order valence-electron chi connectivity index (χ1n) is 7.86. The van der Waals surface area contributed by atoms with E-state index in [1.807, 2.05) is 0 Å². The van der Waals surface area contributed by atoms with E-state index in [1.165, 1.54) is 13.1 Å². The number of aliphatic hydroxyl groups is 1. The van der Waals surface area contributed by atoms with E-state index >= 15 is 0 Å². The predicted molar refractivity (Wildman–Crippen MR) is 102 cm³/mol. The summed E-state index contributed by atoms with van der Waals surface area (Å²) in [5.41, 5.74) is -0.281. The Morgan fingerprint density at radius 1 is 1.19 bits per heavy atom. The van der Waals surface area contributed by atoms with Gasteiger partial charge in [0.15, 0.2) is 11.5 Å². The van der Waals surface area contributed by atoms with Gasteiger partial charge in [-0.2, -0.15) is 0 Å². The van der Waals surface area contributed by atoms with Gasteiger partial charge >= 0.3 is 0 Å². The van der Waals surface area contributed by atoms with Crippen LogP contribution in [0.1, 0.15) is 10.6 Å². The van der Waals surface area contributed by atoms with Crippen LogP contribution in [0.5, 0.6) is 0 Å². The van der Waals surface area contributed by atoms with Crippen LogP contribution < -0.4 is 5.32 Å². The fraction of sp³-hybridized carbons (Fsp3) is 0.118. The van der Waals surface area contributed by atoms with Gasteiger partial charge in [-0.15, -0.1) is 10.2 Å². The zero-order valence-electron chi connectivity index (χ0n) is 14.3. The van der Waals surface area contributed by atoms with E-state index in [1.54, 1.807) is 37.3 Å². The number of hydrogen-bond acceptors (Lipinski definition) is 7. The van der Waals surface area contributed by atoms with E-state index in [9.17, 15) is 18.3 Å². The first-order chi connectivity index (χ1) is 12.8. The molecule has 0 saturated carbocycles. The molecule has 1 aliphatic heterocycles. The van der Waals surface area contributed by atoms with Crippen molar-refractivity contribution in [3.05, 3.63) is 52.7 Å². The second kappa shape index (κ2) is 6.03. The standard InChI is InChI=1S/C17H14N4O4S2/c1-9-19-20-17(26-9)18-16(23)13-14(22)12-8-7-10-5-3-4-6-11(10)15(12)27(24,25)21(13)2/h3-8,22H,1-2H3,(H,18,20,23). The molecule has 1 aromatic heterocycles. The van der Waals surface area contributed by atoms with Gasteiger partial charge in [-0.05, 0) is 18.4 Å². The van der Waals surface area contributed by atoms with Crippen LogP contribution >= 0.6 is 11.3 Å². The summed E-state index contributed by atoms with van der Waals surface area (Å²) in [4.78, 5) is 12.6. The lowest BCUT2D eigenvalue weighted by Crippen LogP contribution is -2.37. The molecule has 0 fully saturated rings. The Kier molecular flexibility index (Phi) is 3.89. The number of amides is 1. The van der Waals surface area contributed by atoms with Crippen LogP contribution in [0.2, 0.25) is 0 Å². The first kappa shape index (κ1) is 17.4. The summed E-state index contributed by atoms with van der Waals surface area (Å²) in [5, 5.41) is 22.8. The van der Waals surface area contributed by atoms with Crippen LogP contribution in [-0.4, -0.2) is 41.0 Å². The molecule has 138 valence electrons. The summed E-state index contributed by atoms with van der Waals surface area (Å²) < 4.78 is 27.0. The Balaban J connectivity index is 1.91. The Hall–Kier alpha value is -2.98. The fourth-order valence-corrected chi connectivity index (χ4v) is 5.17. The van der Waals surface area contributed by atoms with Gasteiger partial charge in [0.2, 0.25) is 5.13 Å². The number of aromatic nitrogens is 2. The Labute approximate surface area is 158 Å². The number of carbonyl (C=O) groups excluding carboxylic acids is 1. The van der Waals surface area contributed by atoms with Crippen molar-refractivity contribution in [2.24, 2.45) is 0 Å². The second-order valence-corrected chi connectivity index (χ2v) is 9.00. The van der Waals surface area contributed by atoms with Gasteiger partial charge < -0.3 is 5.11 Å². The lowest BCUT2D eigenvalue weighted by atomic mass is 10.0. The van der Waals surface area contributed by atoms with Crippen LogP contribution in [0, 0.1) is 6.92 Å². The molecule has 2 heterocycles. The highest BCUT2D eigenvalue weighted by Gasteiger charge is 2.39. The number of rotatable bonds is 2. The van der Waals surface area contributed by atoms with Gasteiger partial charge in [0.05, 0.1) is 0 Å². The number of hydrogen-bond donors (Lipinski definition) is 2. The summed E-state index contributed by atoms with van der Waals surface area (Å²) in [6.45, 7) is 1.72. The topological polar surface area (TPSA) is 112 Å². The third-order valence-corrected chi connectivity index (χ3v) is 6.87. The average molecular weight is 402 g/mol. The number of fused-ring (bicyclic) bond motifs is 3. The molecule has 1 aliphatic rings. The van der Waals surface area contributed by atoms with Gasteiger partial charge in [0.1, 0.15) is 9.90 Å². The van der Waals surface area contributed by atoms with Crippen LogP contribution in [0.25, 0.3) is 16.5 Å². The van der Waals surface area contributed by atoms with Crippen LogP contribution in [-0.2, 0) is 14.8 Å². The molecular formula is C17H14N4O4S2. The van der Waals surface area contributed by atoms with Gasteiger partial charge in [0.25, 0.3) is 15.9 Å². The van der Waals surface area contributed by atoms with Crippen molar-refractivity contribution in [3.8, 4) is 0 Å². The molecule has 0 saturated heterocycles. The number of nitrogens with one attached hydrogen (secondary N) is 1. The van der Waals surface area contributed by atoms with Crippen LogP contribution in [0.3, 0.4) is 0 Å². The van der Waals surface area contributed by atoms with E-state index in [-0.39, 0.29) is 21.3 Å². The third kappa shape index (κ3) is 2.64. The SMILES string of the molecule is Cc1nnc(NC(=O)C2=C(O)c3ccc4ccccc4c3S(=O)(=O)N2C)s1. The van der Waals surface area contributed by atoms with Crippen molar-refractivity contribution in [1.82, 2.24) is 14.5 Å². The molecule has 1 amide bonds. The number of sulfonamides is 1. The maximum Gasteiger partial charge on any atom is 0.278 e. The minimum Gasteiger partial charge on any atom is -0.505 e. The average Bonchev–Trinajstić information content (AvgIpc) is 3.04. The highest BCUT2D eigenvalue weighted by Crippen LogP contribution is 2.39. The molecule has 0 unspecified atom stereocenters. The van der Waals surface area contributed by atoms with Crippen molar-refractivity contribution in [3.63, 3.8) is 0 Å². The maximum absolute atomic E-state index is 13.1. The molecule has 10 heteroatoms. The number of aliphatic hydroxyl groups excluding tert-OH is 1. The summed E-state index contributed by atoms with van der Waals surface area (Å²) in [6.07, 6.45) is 0. The number of likely N-dealkylation sites (N-methyl/N-ethyl adjacent to an activating group) is 1. The number of aryl methyl sites for hydroxylation is 1. The van der Waals surface area contributed by atoms with E-state index < -0.39 is 21.7 Å². The molecule has 27 heavy (non-hydrogen) atoms. The number of benzene rings is 2. The Bertz CT molecular complexity index is 1230. The molecule has 4 rings (SSSR count). The van der Waals surface area contributed by atoms with E-state index in [0.717, 1.165) is 21.0 Å². The fourth-order valence-electron chi connectivity index (χ4n) is 3.00. The van der Waals surface area contributed by atoms with Crippen LogP contribution in [0.15, 0.2) is 47.0 Å². The van der Waals surface area contributed by atoms with E-state index in [0.29, 0.717) is 10.4 Å². The number of carbonyl (C=O) groups is 1. The smallest absolute Gasteiger partial charge is 0.278 e.